The maximum Gasteiger partial charge on any atom is 0.339 e. The quantitative estimate of drug-likeness (QED) is 0.459. The Morgan fingerprint density at radius 2 is 2.00 bits per heavy atom. The molecule has 2 aromatic rings. The molecule has 0 fully saturated rings. The summed E-state index contributed by atoms with van der Waals surface area (Å²) in [5.74, 6) is -1.45. The van der Waals surface area contributed by atoms with Crippen molar-refractivity contribution in [3.63, 3.8) is 0 Å². The van der Waals surface area contributed by atoms with Crippen molar-refractivity contribution in [3.05, 3.63) is 56.5 Å². The minimum absolute atomic E-state index is 0.0202. The Bertz CT molecular complexity index is 969. The van der Waals surface area contributed by atoms with Gasteiger partial charge < -0.3 is 10.1 Å². The number of nitriles is 1. The molecule has 2 rings (SSSR count). The van der Waals surface area contributed by atoms with Gasteiger partial charge in [-0.15, -0.1) is 11.3 Å². The Labute approximate surface area is 165 Å². The highest BCUT2D eigenvalue weighted by Gasteiger charge is 2.27. The van der Waals surface area contributed by atoms with E-state index >= 15 is 0 Å². The van der Waals surface area contributed by atoms with Crippen molar-refractivity contribution < 1.29 is 19.2 Å². The van der Waals surface area contributed by atoms with Crippen molar-refractivity contribution in [2.24, 2.45) is 0 Å². The molecule has 0 radical (unpaired) electrons. The predicted molar refractivity (Wildman–Crippen MR) is 104 cm³/mol. The van der Waals surface area contributed by atoms with Crippen LogP contribution in [0.2, 0.25) is 0 Å². The van der Waals surface area contributed by atoms with E-state index in [-0.39, 0.29) is 11.3 Å². The minimum atomic E-state index is -1.15. The standard InChI is InChI=1S/C19H19N3O5S/c1-11(16(23)21-17-13(10-20)7-8-28-17)27-18(24)12-5-6-14(19(2,3)4)15(9-12)22(25)26/h5-9,11H,1-4H3,(H,21,23). The first-order valence-electron chi connectivity index (χ1n) is 8.33. The van der Waals surface area contributed by atoms with Crippen LogP contribution in [0.4, 0.5) is 10.7 Å². The van der Waals surface area contributed by atoms with Crippen LogP contribution >= 0.6 is 11.3 Å². The van der Waals surface area contributed by atoms with E-state index in [1.54, 1.807) is 11.4 Å². The van der Waals surface area contributed by atoms with Crippen LogP contribution in [0.15, 0.2) is 29.6 Å². The molecular weight excluding hydrogens is 382 g/mol. The second kappa shape index (κ2) is 8.19. The summed E-state index contributed by atoms with van der Waals surface area (Å²) in [5.41, 5.74) is 0.119. The number of nitro benzene ring substituents is 1. The summed E-state index contributed by atoms with van der Waals surface area (Å²) in [6, 6.07) is 7.62. The Morgan fingerprint density at radius 1 is 1.32 bits per heavy atom. The van der Waals surface area contributed by atoms with Gasteiger partial charge in [-0.3, -0.25) is 14.9 Å². The van der Waals surface area contributed by atoms with Crippen LogP contribution in [0.25, 0.3) is 0 Å². The number of carbonyl (C=O) groups is 2. The first kappa shape index (κ1) is 21.1. The number of benzene rings is 1. The van der Waals surface area contributed by atoms with Gasteiger partial charge in [-0.2, -0.15) is 5.26 Å². The zero-order valence-corrected chi connectivity index (χ0v) is 16.6. The maximum atomic E-state index is 12.3. The summed E-state index contributed by atoms with van der Waals surface area (Å²) in [6.45, 7) is 6.88. The lowest BCUT2D eigenvalue weighted by Crippen LogP contribution is -2.30. The van der Waals surface area contributed by atoms with Crippen LogP contribution in [0.5, 0.6) is 0 Å². The summed E-state index contributed by atoms with van der Waals surface area (Å²) in [7, 11) is 0. The number of esters is 1. The van der Waals surface area contributed by atoms with E-state index in [1.165, 1.54) is 30.4 Å². The zero-order valence-electron chi connectivity index (χ0n) is 15.8. The van der Waals surface area contributed by atoms with Crippen LogP contribution in [0.1, 0.15) is 49.2 Å². The van der Waals surface area contributed by atoms with Crippen molar-refractivity contribution in [1.29, 1.82) is 5.26 Å². The van der Waals surface area contributed by atoms with E-state index < -0.39 is 28.3 Å². The molecular formula is C19H19N3O5S. The molecule has 0 spiro atoms. The molecule has 0 bridgehead atoms. The van der Waals surface area contributed by atoms with Gasteiger partial charge in [0.05, 0.1) is 16.1 Å². The summed E-state index contributed by atoms with van der Waals surface area (Å²) >= 11 is 1.17. The van der Waals surface area contributed by atoms with Crippen molar-refractivity contribution in [2.45, 2.75) is 39.2 Å². The van der Waals surface area contributed by atoms with Crippen LogP contribution in [0.3, 0.4) is 0 Å². The monoisotopic (exact) mass is 401 g/mol. The molecule has 1 unspecified atom stereocenters. The van der Waals surface area contributed by atoms with Gasteiger partial charge in [0.2, 0.25) is 0 Å². The number of hydrogen-bond acceptors (Lipinski definition) is 7. The van der Waals surface area contributed by atoms with E-state index in [4.69, 9.17) is 10.00 Å². The van der Waals surface area contributed by atoms with E-state index in [0.717, 1.165) is 6.07 Å². The molecule has 0 aliphatic heterocycles. The maximum absolute atomic E-state index is 12.3. The van der Waals surface area contributed by atoms with Gasteiger partial charge in [-0.1, -0.05) is 26.8 Å². The molecule has 146 valence electrons. The molecule has 28 heavy (non-hydrogen) atoms. The third-order valence-electron chi connectivity index (χ3n) is 3.91. The number of nitrogens with one attached hydrogen (secondary N) is 1. The Balaban J connectivity index is 2.16. The number of hydrogen-bond donors (Lipinski definition) is 1. The highest BCUT2D eigenvalue weighted by molar-refractivity contribution is 7.14. The molecule has 1 amide bonds. The number of ether oxygens (including phenoxy) is 1. The number of thiophene rings is 1. The summed E-state index contributed by atoms with van der Waals surface area (Å²) in [4.78, 5) is 35.4. The van der Waals surface area contributed by atoms with Gasteiger partial charge >= 0.3 is 5.97 Å². The van der Waals surface area contributed by atoms with Gasteiger partial charge in [-0.05, 0) is 29.9 Å². The molecule has 8 nitrogen and oxygen atoms in total. The number of anilines is 1. The van der Waals surface area contributed by atoms with Crippen LogP contribution in [-0.4, -0.2) is 22.9 Å². The third kappa shape index (κ3) is 4.72. The predicted octanol–water partition coefficient (Wildman–Crippen LogP) is 4.01. The highest BCUT2D eigenvalue weighted by Crippen LogP contribution is 2.32. The Kier molecular flexibility index (Phi) is 6.16. The smallest absolute Gasteiger partial charge is 0.339 e. The van der Waals surface area contributed by atoms with Crippen molar-refractivity contribution in [2.75, 3.05) is 5.32 Å². The number of nitrogens with zero attached hydrogens (tertiary/aromatic N) is 2. The molecule has 0 saturated carbocycles. The summed E-state index contributed by atoms with van der Waals surface area (Å²) < 4.78 is 5.13. The number of nitro groups is 1. The first-order valence-corrected chi connectivity index (χ1v) is 9.21. The van der Waals surface area contributed by atoms with E-state index in [0.29, 0.717) is 16.1 Å². The fourth-order valence-electron chi connectivity index (χ4n) is 2.43. The third-order valence-corrected chi connectivity index (χ3v) is 4.74. The highest BCUT2D eigenvalue weighted by atomic mass is 32.1. The number of carbonyl (C=O) groups excluding carboxylic acids is 2. The van der Waals surface area contributed by atoms with Crippen molar-refractivity contribution in [3.8, 4) is 6.07 Å². The van der Waals surface area contributed by atoms with Gasteiger partial charge in [0.1, 0.15) is 11.1 Å². The Morgan fingerprint density at radius 3 is 2.57 bits per heavy atom. The molecule has 0 aliphatic carbocycles. The lowest BCUT2D eigenvalue weighted by molar-refractivity contribution is -0.386. The minimum Gasteiger partial charge on any atom is -0.449 e. The van der Waals surface area contributed by atoms with Crippen molar-refractivity contribution >= 4 is 33.9 Å². The lowest BCUT2D eigenvalue weighted by Gasteiger charge is -2.19. The summed E-state index contributed by atoms with van der Waals surface area (Å²) in [6.07, 6.45) is -1.15. The van der Waals surface area contributed by atoms with Gasteiger partial charge in [-0.25, -0.2) is 4.79 Å². The summed E-state index contributed by atoms with van der Waals surface area (Å²) in [5, 5.41) is 24.9. The molecule has 1 aromatic heterocycles. The van der Waals surface area contributed by atoms with E-state index in [1.807, 2.05) is 26.8 Å². The largest absolute Gasteiger partial charge is 0.449 e. The molecule has 0 aliphatic rings. The zero-order chi connectivity index (χ0) is 21.1. The van der Waals surface area contributed by atoms with Gasteiger partial charge in [0, 0.05) is 11.6 Å². The van der Waals surface area contributed by atoms with Gasteiger partial charge in [0.15, 0.2) is 6.10 Å². The average molecular weight is 401 g/mol. The molecule has 0 saturated heterocycles. The average Bonchev–Trinajstić information content (AvgIpc) is 3.07. The molecule has 1 atom stereocenters. The van der Waals surface area contributed by atoms with Gasteiger partial charge in [0.25, 0.3) is 11.6 Å². The fourth-order valence-corrected chi connectivity index (χ4v) is 3.17. The number of amides is 1. The van der Waals surface area contributed by atoms with E-state index in [2.05, 4.69) is 5.32 Å². The van der Waals surface area contributed by atoms with Crippen LogP contribution in [0, 0.1) is 21.4 Å². The molecule has 1 heterocycles. The van der Waals surface area contributed by atoms with E-state index in [9.17, 15) is 19.7 Å². The molecule has 1 N–H and O–H groups in total. The fraction of sp³-hybridized carbons (Fsp3) is 0.316. The van der Waals surface area contributed by atoms with Crippen LogP contribution in [-0.2, 0) is 14.9 Å². The normalized spacial score (nSPS) is 12.0. The molecule has 1 aromatic carbocycles. The molecule has 9 heteroatoms. The lowest BCUT2D eigenvalue weighted by atomic mass is 9.85. The topological polar surface area (TPSA) is 122 Å². The second-order valence-corrected chi connectivity index (χ2v) is 7.97. The Hall–Kier alpha value is -3.25. The van der Waals surface area contributed by atoms with Crippen molar-refractivity contribution in [1.82, 2.24) is 0 Å². The number of rotatable bonds is 5. The van der Waals surface area contributed by atoms with Crippen LogP contribution < -0.4 is 5.32 Å². The first-order chi connectivity index (χ1) is 13.0. The SMILES string of the molecule is CC(OC(=O)c1ccc(C(C)(C)C)c([N+](=O)[O-])c1)C(=O)Nc1sccc1C#N. The second-order valence-electron chi connectivity index (χ2n) is 7.05.